The maximum atomic E-state index is 13.1. The standard InChI is InChI=1S/C25H31FN6O/c1-31(25(33)20-6-5-15-32(18-20)24-17-27-12-13-28-24)14-4-2-3-7-22-16-23(30-29-22)19-8-10-21(26)11-9-19/h8-13,16-17,20H,2-7,14-15,18H2,1H3,(H,29,30). The van der Waals surface area contributed by atoms with Crippen molar-refractivity contribution in [3.05, 3.63) is 60.4 Å². The van der Waals surface area contributed by atoms with E-state index in [4.69, 9.17) is 0 Å². The van der Waals surface area contributed by atoms with Crippen LogP contribution < -0.4 is 4.90 Å². The van der Waals surface area contributed by atoms with Crippen LogP contribution in [0.15, 0.2) is 48.9 Å². The van der Waals surface area contributed by atoms with Crippen molar-refractivity contribution in [3.63, 3.8) is 0 Å². The van der Waals surface area contributed by atoms with Gasteiger partial charge in [0.15, 0.2) is 0 Å². The highest BCUT2D eigenvalue weighted by atomic mass is 19.1. The molecule has 1 unspecified atom stereocenters. The van der Waals surface area contributed by atoms with E-state index in [1.807, 2.05) is 18.0 Å². The molecule has 8 heteroatoms. The number of nitrogens with one attached hydrogen (secondary N) is 1. The zero-order valence-corrected chi connectivity index (χ0v) is 19.1. The lowest BCUT2D eigenvalue weighted by Gasteiger charge is -2.34. The minimum atomic E-state index is -0.246. The van der Waals surface area contributed by atoms with Crippen LogP contribution in [0.1, 0.15) is 37.8 Å². The molecular formula is C25H31FN6O. The number of hydrogen-bond donors (Lipinski definition) is 1. The summed E-state index contributed by atoms with van der Waals surface area (Å²) in [5.74, 6) is 0.838. The molecule has 2 aromatic heterocycles. The first kappa shape index (κ1) is 22.9. The Morgan fingerprint density at radius 3 is 2.85 bits per heavy atom. The summed E-state index contributed by atoms with van der Waals surface area (Å²) in [7, 11) is 1.91. The van der Waals surface area contributed by atoms with E-state index in [0.29, 0.717) is 6.54 Å². The van der Waals surface area contributed by atoms with Gasteiger partial charge in [-0.25, -0.2) is 9.37 Å². The number of H-pyrrole nitrogens is 1. The monoisotopic (exact) mass is 450 g/mol. The smallest absolute Gasteiger partial charge is 0.227 e. The van der Waals surface area contributed by atoms with Gasteiger partial charge in [0.1, 0.15) is 11.6 Å². The predicted molar refractivity (Wildman–Crippen MR) is 126 cm³/mol. The lowest BCUT2D eigenvalue weighted by molar-refractivity contribution is -0.134. The summed E-state index contributed by atoms with van der Waals surface area (Å²) in [6, 6.07) is 8.39. The van der Waals surface area contributed by atoms with E-state index in [1.165, 1.54) is 12.1 Å². The highest BCUT2D eigenvalue weighted by molar-refractivity contribution is 5.79. The molecule has 7 nitrogen and oxygen atoms in total. The van der Waals surface area contributed by atoms with Crippen molar-refractivity contribution < 1.29 is 9.18 Å². The molecule has 1 fully saturated rings. The van der Waals surface area contributed by atoms with Crippen molar-refractivity contribution in [2.75, 3.05) is 31.6 Å². The van der Waals surface area contributed by atoms with Crippen molar-refractivity contribution in [3.8, 4) is 11.3 Å². The largest absolute Gasteiger partial charge is 0.355 e. The van der Waals surface area contributed by atoms with Crippen LogP contribution in [0.25, 0.3) is 11.3 Å². The fraction of sp³-hybridized carbons (Fsp3) is 0.440. The second-order valence-corrected chi connectivity index (χ2v) is 8.70. The third-order valence-electron chi connectivity index (χ3n) is 6.23. The second kappa shape index (κ2) is 11.0. The van der Waals surface area contributed by atoms with E-state index in [2.05, 4.69) is 25.1 Å². The molecule has 3 aromatic rings. The van der Waals surface area contributed by atoms with E-state index in [0.717, 1.165) is 74.4 Å². The molecule has 1 atom stereocenters. The number of benzene rings is 1. The number of halogens is 1. The maximum absolute atomic E-state index is 13.1. The van der Waals surface area contributed by atoms with Crippen LogP contribution in [-0.2, 0) is 11.2 Å². The van der Waals surface area contributed by atoms with E-state index in [9.17, 15) is 9.18 Å². The molecule has 1 aliphatic rings. The van der Waals surface area contributed by atoms with Gasteiger partial charge in [0.2, 0.25) is 5.91 Å². The molecule has 1 N–H and O–H groups in total. The number of aromatic amines is 1. The van der Waals surface area contributed by atoms with E-state index in [-0.39, 0.29) is 17.6 Å². The quantitative estimate of drug-likeness (QED) is 0.497. The number of unbranched alkanes of at least 4 members (excludes halogenated alkanes) is 2. The fourth-order valence-electron chi connectivity index (χ4n) is 4.36. The average molecular weight is 451 g/mol. The number of aryl methyl sites for hydroxylation is 1. The van der Waals surface area contributed by atoms with Crippen molar-refractivity contribution in [1.82, 2.24) is 25.1 Å². The molecule has 1 aromatic carbocycles. The van der Waals surface area contributed by atoms with Crippen LogP contribution in [0.2, 0.25) is 0 Å². The Morgan fingerprint density at radius 1 is 1.21 bits per heavy atom. The minimum absolute atomic E-state index is 0.0145. The van der Waals surface area contributed by atoms with Gasteiger partial charge < -0.3 is 9.80 Å². The lowest BCUT2D eigenvalue weighted by Crippen LogP contribution is -2.44. The number of nitrogens with zero attached hydrogens (tertiary/aromatic N) is 5. The fourth-order valence-corrected chi connectivity index (χ4v) is 4.36. The molecule has 4 rings (SSSR count). The number of carbonyl (C=O) groups is 1. The number of amides is 1. The minimum Gasteiger partial charge on any atom is -0.355 e. The molecule has 0 radical (unpaired) electrons. The van der Waals surface area contributed by atoms with Crippen LogP contribution in [0.4, 0.5) is 10.2 Å². The van der Waals surface area contributed by atoms with Gasteiger partial charge in [0.25, 0.3) is 0 Å². The van der Waals surface area contributed by atoms with Crippen molar-refractivity contribution in [2.24, 2.45) is 5.92 Å². The zero-order valence-electron chi connectivity index (χ0n) is 19.1. The Morgan fingerprint density at radius 2 is 2.06 bits per heavy atom. The van der Waals surface area contributed by atoms with Crippen molar-refractivity contribution >= 4 is 11.7 Å². The number of carbonyl (C=O) groups excluding carboxylic acids is 1. The van der Waals surface area contributed by atoms with Crippen LogP contribution in [0, 0.1) is 11.7 Å². The third kappa shape index (κ3) is 6.15. The molecular weight excluding hydrogens is 419 g/mol. The summed E-state index contributed by atoms with van der Waals surface area (Å²) < 4.78 is 13.1. The van der Waals surface area contributed by atoms with Gasteiger partial charge in [-0.05, 0) is 62.4 Å². The molecule has 0 spiro atoms. The summed E-state index contributed by atoms with van der Waals surface area (Å²) in [4.78, 5) is 25.5. The number of aromatic nitrogens is 4. The van der Waals surface area contributed by atoms with Gasteiger partial charge in [-0.3, -0.25) is 14.9 Å². The second-order valence-electron chi connectivity index (χ2n) is 8.70. The molecule has 1 aliphatic heterocycles. The van der Waals surface area contributed by atoms with Gasteiger partial charge >= 0.3 is 0 Å². The van der Waals surface area contributed by atoms with Gasteiger partial charge in [0.05, 0.1) is 17.8 Å². The van der Waals surface area contributed by atoms with Gasteiger partial charge in [-0.2, -0.15) is 5.10 Å². The number of rotatable bonds is 9. The highest BCUT2D eigenvalue weighted by Gasteiger charge is 2.28. The normalized spacial score (nSPS) is 16.1. The highest BCUT2D eigenvalue weighted by Crippen LogP contribution is 2.23. The Balaban J connectivity index is 1.17. The number of hydrogen-bond acceptors (Lipinski definition) is 5. The van der Waals surface area contributed by atoms with E-state index >= 15 is 0 Å². The molecule has 1 saturated heterocycles. The molecule has 1 amide bonds. The molecule has 0 saturated carbocycles. The summed E-state index contributed by atoms with van der Waals surface area (Å²) >= 11 is 0. The van der Waals surface area contributed by atoms with Crippen LogP contribution in [0.5, 0.6) is 0 Å². The SMILES string of the molecule is CN(CCCCCc1cc(-c2ccc(F)cc2)n[nH]1)C(=O)C1CCCN(c2cnccn2)C1. The molecule has 0 aliphatic carbocycles. The Hall–Kier alpha value is -3.29. The van der Waals surface area contributed by atoms with Crippen molar-refractivity contribution in [2.45, 2.75) is 38.5 Å². The van der Waals surface area contributed by atoms with Gasteiger partial charge in [0, 0.05) is 50.3 Å². The number of piperidine rings is 1. The van der Waals surface area contributed by atoms with Crippen LogP contribution in [-0.4, -0.2) is 57.7 Å². The first-order valence-electron chi connectivity index (χ1n) is 11.7. The maximum Gasteiger partial charge on any atom is 0.227 e. The zero-order chi connectivity index (χ0) is 23.0. The Bertz CT molecular complexity index is 1020. The summed E-state index contributed by atoms with van der Waals surface area (Å²) in [6.45, 7) is 2.39. The van der Waals surface area contributed by atoms with Crippen molar-refractivity contribution in [1.29, 1.82) is 0 Å². The molecule has 33 heavy (non-hydrogen) atoms. The van der Waals surface area contributed by atoms with Gasteiger partial charge in [-0.15, -0.1) is 0 Å². The predicted octanol–water partition coefficient (Wildman–Crippen LogP) is 4.09. The molecule has 3 heterocycles. The van der Waals surface area contributed by atoms with Crippen LogP contribution >= 0.6 is 0 Å². The van der Waals surface area contributed by atoms with E-state index in [1.54, 1.807) is 30.7 Å². The Labute approximate surface area is 194 Å². The Kier molecular flexibility index (Phi) is 7.65. The summed E-state index contributed by atoms with van der Waals surface area (Å²) in [5.41, 5.74) is 2.81. The molecule has 174 valence electrons. The van der Waals surface area contributed by atoms with E-state index < -0.39 is 0 Å². The first-order chi connectivity index (χ1) is 16.1. The average Bonchev–Trinajstić information content (AvgIpc) is 3.33. The number of anilines is 1. The molecule has 0 bridgehead atoms. The first-order valence-corrected chi connectivity index (χ1v) is 11.7. The van der Waals surface area contributed by atoms with Gasteiger partial charge in [-0.1, -0.05) is 6.42 Å². The topological polar surface area (TPSA) is 78.0 Å². The summed E-state index contributed by atoms with van der Waals surface area (Å²) in [5, 5.41) is 7.41. The summed E-state index contributed by atoms with van der Waals surface area (Å²) in [6.07, 6.45) is 11.0. The lowest BCUT2D eigenvalue weighted by atomic mass is 9.96. The van der Waals surface area contributed by atoms with Crippen LogP contribution in [0.3, 0.4) is 0 Å². The third-order valence-corrected chi connectivity index (χ3v) is 6.23.